The van der Waals surface area contributed by atoms with Crippen LogP contribution < -0.4 is 24.8 Å². The van der Waals surface area contributed by atoms with E-state index in [0.717, 1.165) is 37.7 Å². The second-order valence-corrected chi connectivity index (χ2v) is 6.84. The highest BCUT2D eigenvalue weighted by Gasteiger charge is 2.23. The fourth-order valence-electron chi connectivity index (χ4n) is 3.78. The predicted octanol–water partition coefficient (Wildman–Crippen LogP) is 1.31. The zero-order chi connectivity index (χ0) is 19.8. The summed E-state index contributed by atoms with van der Waals surface area (Å²) in [6.45, 7) is 4.93. The summed E-state index contributed by atoms with van der Waals surface area (Å²) in [5.41, 5.74) is 1.14. The van der Waals surface area contributed by atoms with Crippen LogP contribution >= 0.6 is 0 Å². The fraction of sp³-hybridized carbons (Fsp3) is 0.421. The minimum Gasteiger partial charge on any atom is -0.493 e. The van der Waals surface area contributed by atoms with E-state index in [1.165, 1.54) is 0 Å². The number of methoxy groups -OCH3 is 2. The lowest BCUT2D eigenvalue weighted by Crippen LogP contribution is -2.48. The summed E-state index contributed by atoms with van der Waals surface area (Å²) >= 11 is 0. The maximum Gasteiger partial charge on any atom is 0.282 e. The van der Waals surface area contributed by atoms with Crippen molar-refractivity contribution in [3.05, 3.63) is 34.4 Å². The van der Waals surface area contributed by atoms with E-state index in [2.05, 4.69) is 24.8 Å². The van der Waals surface area contributed by atoms with Crippen LogP contribution in [0.4, 0.5) is 11.9 Å². The zero-order valence-electron chi connectivity index (χ0n) is 16.5. The summed E-state index contributed by atoms with van der Waals surface area (Å²) < 4.78 is 12.8. The van der Waals surface area contributed by atoms with Gasteiger partial charge in [0.15, 0.2) is 11.5 Å². The highest BCUT2D eigenvalue weighted by molar-refractivity contribution is 5.86. The molecule has 0 bridgehead atoms. The normalized spacial score (nSPS) is 14.6. The van der Waals surface area contributed by atoms with Crippen molar-refractivity contribution in [1.82, 2.24) is 19.5 Å². The number of imidazole rings is 1. The third kappa shape index (κ3) is 2.92. The molecule has 0 aliphatic carbocycles. The largest absolute Gasteiger partial charge is 0.493 e. The Labute approximate surface area is 162 Å². The number of hydrogen-bond acceptors (Lipinski definition) is 7. The number of aryl methyl sites for hydroxylation is 2. The molecule has 148 valence electrons. The number of aromatic nitrogens is 4. The number of nitrogens with one attached hydrogen (secondary N) is 1. The minimum absolute atomic E-state index is 0.270. The molecule has 2 aromatic heterocycles. The molecule has 9 heteroatoms. The van der Waals surface area contributed by atoms with E-state index in [-0.39, 0.29) is 5.56 Å². The van der Waals surface area contributed by atoms with Gasteiger partial charge in [-0.1, -0.05) is 0 Å². The third-order valence-corrected chi connectivity index (χ3v) is 5.23. The van der Waals surface area contributed by atoms with Gasteiger partial charge in [0.25, 0.3) is 5.56 Å². The van der Waals surface area contributed by atoms with E-state index >= 15 is 0 Å². The maximum atomic E-state index is 12.7. The number of aromatic amines is 1. The Morgan fingerprint density at radius 2 is 1.82 bits per heavy atom. The molecule has 0 unspecified atom stereocenters. The molecule has 1 aromatic carbocycles. The van der Waals surface area contributed by atoms with E-state index in [0.29, 0.717) is 28.4 Å². The molecular formula is C19H24N6O3. The number of nitrogens with zero attached hydrogens (tertiary/aromatic N) is 5. The first kappa shape index (κ1) is 18.1. The lowest BCUT2D eigenvalue weighted by atomic mass is 10.1. The molecule has 1 fully saturated rings. The van der Waals surface area contributed by atoms with Gasteiger partial charge in [-0.2, -0.15) is 4.98 Å². The summed E-state index contributed by atoms with van der Waals surface area (Å²) in [5, 5.41) is 0.521. The van der Waals surface area contributed by atoms with Crippen molar-refractivity contribution < 1.29 is 9.47 Å². The van der Waals surface area contributed by atoms with Crippen LogP contribution in [0.15, 0.2) is 23.3 Å². The Morgan fingerprint density at radius 3 is 2.43 bits per heavy atom. The number of H-pyrrole nitrogens is 1. The molecule has 3 aromatic rings. The van der Waals surface area contributed by atoms with E-state index in [4.69, 9.17) is 9.47 Å². The predicted molar refractivity (Wildman–Crippen MR) is 108 cm³/mol. The second kappa shape index (κ2) is 7.06. The second-order valence-electron chi connectivity index (χ2n) is 6.84. The highest BCUT2D eigenvalue weighted by Crippen LogP contribution is 2.35. The number of fused-ring (bicyclic) bond motifs is 1. The average molecular weight is 384 g/mol. The van der Waals surface area contributed by atoms with Crippen molar-refractivity contribution in [1.29, 1.82) is 0 Å². The lowest BCUT2D eigenvalue weighted by molar-refractivity contribution is 0.354. The standard InChI is InChI=1S/C19H24N6O3/c1-12-15-13(11-14(27-3)16(12)28-4)21-18(22-17(15)26)24-7-9-25(10-8-24)19-20-5-6-23(19)2/h5-6,11H,7-10H2,1-4H3,(H,21,22,26). The first-order valence-corrected chi connectivity index (χ1v) is 9.16. The van der Waals surface area contributed by atoms with Gasteiger partial charge in [-0.3, -0.25) is 4.79 Å². The number of rotatable bonds is 4. The first-order chi connectivity index (χ1) is 13.5. The van der Waals surface area contributed by atoms with Gasteiger partial charge in [0, 0.05) is 57.3 Å². The summed E-state index contributed by atoms with van der Waals surface area (Å²) in [5.74, 6) is 2.66. The molecule has 0 saturated carbocycles. The van der Waals surface area contributed by atoms with Crippen LogP contribution in [0.25, 0.3) is 10.9 Å². The van der Waals surface area contributed by atoms with Crippen molar-refractivity contribution in [3.63, 3.8) is 0 Å². The maximum absolute atomic E-state index is 12.7. The van der Waals surface area contributed by atoms with Crippen LogP contribution in [0.5, 0.6) is 11.5 Å². The van der Waals surface area contributed by atoms with Crippen molar-refractivity contribution in [2.45, 2.75) is 6.92 Å². The van der Waals surface area contributed by atoms with E-state index in [9.17, 15) is 4.79 Å². The van der Waals surface area contributed by atoms with Crippen LogP contribution in [-0.4, -0.2) is 59.9 Å². The summed E-state index contributed by atoms with van der Waals surface area (Å²) in [4.78, 5) is 29.1. The molecule has 1 N–H and O–H groups in total. The van der Waals surface area contributed by atoms with Crippen LogP contribution in [0.3, 0.4) is 0 Å². The number of benzene rings is 1. The lowest BCUT2D eigenvalue weighted by Gasteiger charge is -2.35. The van der Waals surface area contributed by atoms with Crippen LogP contribution in [-0.2, 0) is 7.05 Å². The topological polar surface area (TPSA) is 88.5 Å². The van der Waals surface area contributed by atoms with Crippen molar-refractivity contribution in [2.24, 2.45) is 7.05 Å². The Balaban J connectivity index is 1.65. The molecule has 0 amide bonds. The Bertz CT molecular complexity index is 1070. The smallest absolute Gasteiger partial charge is 0.282 e. The molecule has 3 heterocycles. The van der Waals surface area contributed by atoms with Crippen LogP contribution in [0.2, 0.25) is 0 Å². The number of piperazine rings is 1. The van der Waals surface area contributed by atoms with Gasteiger partial charge in [-0.05, 0) is 6.92 Å². The van der Waals surface area contributed by atoms with Gasteiger partial charge in [0.1, 0.15) is 0 Å². The van der Waals surface area contributed by atoms with Crippen molar-refractivity contribution >= 4 is 22.8 Å². The fourth-order valence-corrected chi connectivity index (χ4v) is 3.78. The van der Waals surface area contributed by atoms with Gasteiger partial charge in [0.2, 0.25) is 11.9 Å². The molecule has 1 aliphatic rings. The Hall–Kier alpha value is -3.23. The van der Waals surface area contributed by atoms with E-state index in [1.54, 1.807) is 26.5 Å². The molecule has 9 nitrogen and oxygen atoms in total. The average Bonchev–Trinajstić information content (AvgIpc) is 3.13. The first-order valence-electron chi connectivity index (χ1n) is 9.16. The molecule has 1 saturated heterocycles. The Kier molecular flexibility index (Phi) is 4.58. The highest BCUT2D eigenvalue weighted by atomic mass is 16.5. The zero-order valence-corrected chi connectivity index (χ0v) is 16.5. The van der Waals surface area contributed by atoms with Crippen LogP contribution in [0.1, 0.15) is 5.56 Å². The monoisotopic (exact) mass is 384 g/mol. The number of ether oxygens (including phenoxy) is 2. The summed E-state index contributed by atoms with van der Waals surface area (Å²) in [6.07, 6.45) is 3.74. The molecule has 0 radical (unpaired) electrons. The third-order valence-electron chi connectivity index (χ3n) is 5.23. The summed E-state index contributed by atoms with van der Waals surface area (Å²) in [6, 6.07) is 1.79. The minimum atomic E-state index is -0.270. The molecule has 0 spiro atoms. The van der Waals surface area contributed by atoms with Gasteiger partial charge >= 0.3 is 0 Å². The molecular weight excluding hydrogens is 360 g/mol. The van der Waals surface area contributed by atoms with E-state index in [1.807, 2.05) is 24.7 Å². The summed E-state index contributed by atoms with van der Waals surface area (Å²) in [7, 11) is 5.13. The molecule has 28 heavy (non-hydrogen) atoms. The van der Waals surface area contributed by atoms with Gasteiger partial charge in [0.05, 0.1) is 25.1 Å². The Morgan fingerprint density at radius 1 is 1.11 bits per heavy atom. The molecule has 0 atom stereocenters. The van der Waals surface area contributed by atoms with Gasteiger partial charge in [-0.15, -0.1) is 0 Å². The number of hydrogen-bond donors (Lipinski definition) is 1. The van der Waals surface area contributed by atoms with Crippen molar-refractivity contribution in [2.75, 3.05) is 50.2 Å². The van der Waals surface area contributed by atoms with Gasteiger partial charge in [-0.25, -0.2) is 4.98 Å². The van der Waals surface area contributed by atoms with Crippen molar-refractivity contribution in [3.8, 4) is 11.5 Å². The molecule has 1 aliphatic heterocycles. The molecule has 4 rings (SSSR count). The SMILES string of the molecule is COc1cc2[nH]c(N3CCN(c4nccn4C)CC3)nc(=O)c2c(C)c1OC. The van der Waals surface area contributed by atoms with E-state index < -0.39 is 0 Å². The van der Waals surface area contributed by atoms with Crippen LogP contribution in [0, 0.1) is 6.92 Å². The quantitative estimate of drug-likeness (QED) is 0.725. The number of anilines is 2. The van der Waals surface area contributed by atoms with Gasteiger partial charge < -0.3 is 28.8 Å².